The average Bonchev–Trinajstić information content (AvgIpc) is 3.89. The number of nitrogens with zero attached hydrogens (tertiary/aromatic N) is 3. The van der Waals surface area contributed by atoms with E-state index in [1.807, 2.05) is 0 Å². The molecule has 0 aliphatic heterocycles. The largest absolute Gasteiger partial charge is 0.309 e. The number of hydrogen-bond donors (Lipinski definition) is 0. The van der Waals surface area contributed by atoms with Crippen LogP contribution in [0.25, 0.3) is 131 Å². The van der Waals surface area contributed by atoms with Gasteiger partial charge in [0, 0.05) is 38.0 Å². The Morgan fingerprint density at radius 2 is 0.797 bits per heavy atom. The fourth-order valence-corrected chi connectivity index (χ4v) is 10.9. The third kappa shape index (κ3) is 5.01. The smallest absolute Gasteiger partial charge is 0.0788 e. The number of rotatable bonds is 4. The van der Waals surface area contributed by atoms with Crippen molar-refractivity contribution in [3.05, 3.63) is 225 Å². The van der Waals surface area contributed by atoms with E-state index in [9.17, 15) is 0 Å². The van der Waals surface area contributed by atoms with E-state index in [2.05, 4.69) is 234 Å². The number of pyridine rings is 1. The molecule has 296 valence electrons. The summed E-state index contributed by atoms with van der Waals surface area (Å²) in [6.45, 7) is 0. The molecule has 3 heteroatoms. The first-order chi connectivity index (χ1) is 31.8. The minimum atomic E-state index is 0.980. The summed E-state index contributed by atoms with van der Waals surface area (Å²) < 4.78 is 4.86. The van der Waals surface area contributed by atoms with E-state index in [4.69, 9.17) is 4.98 Å². The van der Waals surface area contributed by atoms with Gasteiger partial charge in [0.25, 0.3) is 0 Å². The zero-order valence-corrected chi connectivity index (χ0v) is 34.7. The van der Waals surface area contributed by atoms with Gasteiger partial charge in [0.05, 0.1) is 39.5 Å². The quantitative estimate of drug-likeness (QED) is 0.162. The van der Waals surface area contributed by atoms with Crippen LogP contribution < -0.4 is 0 Å². The minimum Gasteiger partial charge on any atom is -0.309 e. The molecular weight excluding hydrogens is 775 g/mol. The van der Waals surface area contributed by atoms with Crippen molar-refractivity contribution in [2.24, 2.45) is 0 Å². The van der Waals surface area contributed by atoms with E-state index in [0.29, 0.717) is 0 Å². The first-order valence-electron chi connectivity index (χ1n) is 22.0. The average molecular weight is 812 g/mol. The van der Waals surface area contributed by atoms with Crippen LogP contribution in [0.2, 0.25) is 0 Å². The van der Waals surface area contributed by atoms with Crippen LogP contribution in [0.15, 0.2) is 225 Å². The molecule has 3 heterocycles. The van der Waals surface area contributed by atoms with Crippen molar-refractivity contribution in [2.45, 2.75) is 0 Å². The molecule has 0 amide bonds. The predicted molar refractivity (Wildman–Crippen MR) is 271 cm³/mol. The van der Waals surface area contributed by atoms with Crippen molar-refractivity contribution in [3.63, 3.8) is 0 Å². The highest BCUT2D eigenvalue weighted by Gasteiger charge is 2.23. The van der Waals surface area contributed by atoms with Crippen LogP contribution in [-0.4, -0.2) is 14.1 Å². The second-order valence-electron chi connectivity index (χ2n) is 17.1. The zero-order valence-electron chi connectivity index (χ0n) is 34.7. The van der Waals surface area contributed by atoms with Crippen molar-refractivity contribution < 1.29 is 0 Å². The number of para-hydroxylation sites is 2. The molecule has 0 aliphatic rings. The van der Waals surface area contributed by atoms with E-state index in [-0.39, 0.29) is 0 Å². The van der Waals surface area contributed by atoms with Gasteiger partial charge in [-0.15, -0.1) is 0 Å². The Kier molecular flexibility index (Phi) is 7.40. The molecule has 0 unspecified atom stereocenters. The number of hydrogen-bond acceptors (Lipinski definition) is 1. The lowest BCUT2D eigenvalue weighted by Gasteiger charge is -2.20. The van der Waals surface area contributed by atoms with Gasteiger partial charge in [0.1, 0.15) is 0 Å². The highest BCUT2D eigenvalue weighted by molar-refractivity contribution is 6.25. The molecule has 0 aliphatic carbocycles. The van der Waals surface area contributed by atoms with Crippen LogP contribution in [0.5, 0.6) is 0 Å². The van der Waals surface area contributed by atoms with Gasteiger partial charge in [-0.2, -0.15) is 0 Å². The first-order valence-corrected chi connectivity index (χ1v) is 22.0. The molecule has 3 aromatic heterocycles. The van der Waals surface area contributed by atoms with Gasteiger partial charge < -0.3 is 9.13 Å². The number of fused-ring (bicyclic) bond motifs is 14. The molecule has 64 heavy (non-hydrogen) atoms. The molecule has 0 radical (unpaired) electrons. The third-order valence-corrected chi connectivity index (χ3v) is 13.7. The molecule has 14 aromatic rings. The fourth-order valence-electron chi connectivity index (χ4n) is 10.9. The number of aromatic nitrogens is 3. The van der Waals surface area contributed by atoms with E-state index >= 15 is 0 Å². The summed E-state index contributed by atoms with van der Waals surface area (Å²) in [5.41, 5.74) is 12.5. The maximum Gasteiger partial charge on any atom is 0.0788 e. The monoisotopic (exact) mass is 811 g/mol. The Hall–Kier alpha value is -8.53. The fraction of sp³-hybridized carbons (Fsp3) is 0. The molecule has 0 bridgehead atoms. The Balaban J connectivity index is 1.12. The highest BCUT2D eigenvalue weighted by Crippen LogP contribution is 2.47. The van der Waals surface area contributed by atoms with Gasteiger partial charge in [-0.3, -0.25) is 4.98 Å². The van der Waals surface area contributed by atoms with Gasteiger partial charge in [-0.25, -0.2) is 0 Å². The molecule has 0 fully saturated rings. The summed E-state index contributed by atoms with van der Waals surface area (Å²) >= 11 is 0. The van der Waals surface area contributed by atoms with E-state index < -0.39 is 0 Å². The molecule has 11 aromatic carbocycles. The highest BCUT2D eigenvalue weighted by atomic mass is 15.0. The van der Waals surface area contributed by atoms with Crippen molar-refractivity contribution in [1.82, 2.24) is 14.1 Å². The Morgan fingerprint density at radius 1 is 0.281 bits per heavy atom. The molecule has 0 N–H and O–H groups in total. The summed E-state index contributed by atoms with van der Waals surface area (Å²) in [5.74, 6) is 0. The van der Waals surface area contributed by atoms with Gasteiger partial charge in [0.15, 0.2) is 0 Å². The summed E-state index contributed by atoms with van der Waals surface area (Å²) in [5, 5.41) is 15.8. The van der Waals surface area contributed by atoms with Crippen molar-refractivity contribution in [2.75, 3.05) is 0 Å². The van der Waals surface area contributed by atoms with Crippen LogP contribution in [0.4, 0.5) is 0 Å². The van der Waals surface area contributed by atoms with Crippen molar-refractivity contribution >= 4 is 97.6 Å². The second kappa shape index (κ2) is 13.5. The predicted octanol–water partition coefficient (Wildman–Crippen LogP) is 16.4. The molecule has 14 rings (SSSR count). The number of benzene rings is 11. The minimum absolute atomic E-state index is 0.980. The van der Waals surface area contributed by atoms with Crippen LogP contribution in [0.1, 0.15) is 0 Å². The summed E-state index contributed by atoms with van der Waals surface area (Å²) in [7, 11) is 0. The van der Waals surface area contributed by atoms with Gasteiger partial charge >= 0.3 is 0 Å². The molecule has 0 atom stereocenters. The zero-order chi connectivity index (χ0) is 41.9. The third-order valence-electron chi connectivity index (χ3n) is 13.7. The standard InChI is InChI=1S/C61H37N3/c1-2-17-41(18-3-1)57-52-36-45(64-54-25-13-11-23-50(54)60-47-21-9-7-16-40(47)29-33-56(60)64)37-62-61(52)48-31-30-44(35-51(48)58(57)43-27-26-38-14-4-5-19-42(38)34-43)63-53-24-12-10-22-49(53)59-46-20-8-6-15-39(46)28-32-55(59)63/h1-37H. The summed E-state index contributed by atoms with van der Waals surface area (Å²) in [6, 6.07) is 80.2. The van der Waals surface area contributed by atoms with Gasteiger partial charge in [-0.05, 0) is 108 Å². The normalized spacial score (nSPS) is 12.1. The lowest BCUT2D eigenvalue weighted by atomic mass is 9.85. The van der Waals surface area contributed by atoms with E-state index in [1.165, 1.54) is 87.1 Å². The van der Waals surface area contributed by atoms with Crippen LogP contribution in [0.3, 0.4) is 0 Å². The summed E-state index contributed by atoms with van der Waals surface area (Å²) in [4.78, 5) is 5.51. The maximum absolute atomic E-state index is 5.51. The van der Waals surface area contributed by atoms with Crippen LogP contribution >= 0.6 is 0 Å². The van der Waals surface area contributed by atoms with Crippen molar-refractivity contribution in [3.8, 4) is 33.6 Å². The Morgan fingerprint density at radius 3 is 1.47 bits per heavy atom. The summed E-state index contributed by atoms with van der Waals surface area (Å²) in [6.07, 6.45) is 2.08. The molecule has 0 spiro atoms. The van der Waals surface area contributed by atoms with E-state index in [1.54, 1.807) is 0 Å². The SMILES string of the molecule is c1ccc(-c2c(-c3ccc4ccccc4c3)c3cc(-n4c5ccccc5c5c6ccccc6ccc54)ccc3c3ncc(-n4c5ccccc5c5c6ccccc6ccc54)cc23)cc1. The molecule has 3 nitrogen and oxygen atoms in total. The Bertz CT molecular complexity index is 4250. The van der Waals surface area contributed by atoms with Gasteiger partial charge in [0.2, 0.25) is 0 Å². The second-order valence-corrected chi connectivity index (χ2v) is 17.1. The van der Waals surface area contributed by atoms with Crippen LogP contribution in [-0.2, 0) is 0 Å². The van der Waals surface area contributed by atoms with Crippen molar-refractivity contribution in [1.29, 1.82) is 0 Å². The molecule has 0 saturated carbocycles. The first kappa shape index (κ1) is 35.1. The van der Waals surface area contributed by atoms with E-state index in [0.717, 1.165) is 44.1 Å². The van der Waals surface area contributed by atoms with Gasteiger partial charge in [-0.1, -0.05) is 170 Å². The molecular formula is C61H37N3. The maximum atomic E-state index is 5.51. The Labute approximate surface area is 368 Å². The topological polar surface area (TPSA) is 22.8 Å². The van der Waals surface area contributed by atoms with Crippen LogP contribution in [0, 0.1) is 0 Å². The lowest BCUT2D eigenvalue weighted by molar-refractivity contribution is 1.16. The molecule has 0 saturated heterocycles. The lowest BCUT2D eigenvalue weighted by Crippen LogP contribution is -1.99.